The fourth-order valence-corrected chi connectivity index (χ4v) is 4.01. The fourth-order valence-electron chi connectivity index (χ4n) is 4.01. The maximum absolute atomic E-state index is 12.9. The molecule has 0 saturated heterocycles. The van der Waals surface area contributed by atoms with E-state index >= 15 is 0 Å². The van der Waals surface area contributed by atoms with Gasteiger partial charge in [-0.1, -0.05) is 72.8 Å². The first-order chi connectivity index (χ1) is 13.7. The van der Waals surface area contributed by atoms with Crippen LogP contribution in [0.1, 0.15) is 36.9 Å². The summed E-state index contributed by atoms with van der Waals surface area (Å²) in [6, 6.07) is 26.6. The lowest BCUT2D eigenvalue weighted by molar-refractivity contribution is -0.118. The summed E-state index contributed by atoms with van der Waals surface area (Å²) in [5.41, 5.74) is 5.70. The number of benzene rings is 3. The van der Waals surface area contributed by atoms with Gasteiger partial charge in [0, 0.05) is 17.3 Å². The average molecular weight is 370 g/mol. The van der Waals surface area contributed by atoms with Crippen molar-refractivity contribution in [1.29, 1.82) is 0 Å². The summed E-state index contributed by atoms with van der Waals surface area (Å²) in [6.07, 6.45) is 3.34. The highest BCUT2D eigenvalue weighted by molar-refractivity contribution is 5.98. The summed E-state index contributed by atoms with van der Waals surface area (Å²) in [6.45, 7) is 1.94. The number of hydrogen-bond donors (Lipinski definition) is 2. The second kappa shape index (κ2) is 8.41. The minimum atomic E-state index is -0.278. The van der Waals surface area contributed by atoms with Gasteiger partial charge in [-0.05, 0) is 48.9 Å². The first-order valence-corrected chi connectivity index (χ1v) is 10.0. The SMILES string of the molecule is C[C@H](N[C@H]1CCCc2ccccc21)C(=O)Nc1ccccc1-c1ccccc1. The molecule has 1 amide bonds. The lowest BCUT2D eigenvalue weighted by Crippen LogP contribution is -2.41. The van der Waals surface area contributed by atoms with Crippen LogP contribution in [0.5, 0.6) is 0 Å². The van der Waals surface area contributed by atoms with Crippen molar-refractivity contribution in [3.05, 3.63) is 90.0 Å². The van der Waals surface area contributed by atoms with Gasteiger partial charge in [0.15, 0.2) is 0 Å². The van der Waals surface area contributed by atoms with Crippen LogP contribution in [-0.4, -0.2) is 11.9 Å². The Labute approximate surface area is 166 Å². The van der Waals surface area contributed by atoms with E-state index in [0.29, 0.717) is 0 Å². The van der Waals surface area contributed by atoms with Gasteiger partial charge in [0.25, 0.3) is 0 Å². The summed E-state index contributed by atoms with van der Waals surface area (Å²) in [4.78, 5) is 12.9. The number of nitrogens with one attached hydrogen (secondary N) is 2. The van der Waals surface area contributed by atoms with E-state index in [1.165, 1.54) is 11.1 Å². The van der Waals surface area contributed by atoms with Gasteiger partial charge in [-0.15, -0.1) is 0 Å². The molecule has 0 saturated carbocycles. The molecule has 0 unspecified atom stereocenters. The molecule has 2 atom stereocenters. The van der Waals surface area contributed by atoms with Gasteiger partial charge in [0.1, 0.15) is 0 Å². The van der Waals surface area contributed by atoms with E-state index in [9.17, 15) is 4.79 Å². The molecule has 142 valence electrons. The zero-order valence-corrected chi connectivity index (χ0v) is 16.2. The smallest absolute Gasteiger partial charge is 0.241 e. The molecule has 2 N–H and O–H groups in total. The second-order valence-corrected chi connectivity index (χ2v) is 7.43. The highest BCUT2D eigenvalue weighted by Crippen LogP contribution is 2.30. The monoisotopic (exact) mass is 370 g/mol. The van der Waals surface area contributed by atoms with Gasteiger partial charge in [0.2, 0.25) is 5.91 Å². The number of para-hydroxylation sites is 1. The van der Waals surface area contributed by atoms with E-state index in [4.69, 9.17) is 0 Å². The Morgan fingerprint density at radius 3 is 2.50 bits per heavy atom. The van der Waals surface area contributed by atoms with E-state index in [1.807, 2.05) is 49.4 Å². The van der Waals surface area contributed by atoms with E-state index in [1.54, 1.807) is 0 Å². The first kappa shape index (κ1) is 18.5. The molecule has 0 spiro atoms. The molecule has 0 fully saturated rings. The van der Waals surface area contributed by atoms with Crippen molar-refractivity contribution < 1.29 is 4.79 Å². The Hall–Kier alpha value is -2.91. The Morgan fingerprint density at radius 2 is 1.64 bits per heavy atom. The number of rotatable bonds is 5. The van der Waals surface area contributed by atoms with Crippen LogP contribution in [0.25, 0.3) is 11.1 Å². The Bertz CT molecular complexity index is 952. The highest BCUT2D eigenvalue weighted by atomic mass is 16.2. The summed E-state index contributed by atoms with van der Waals surface area (Å²) in [5, 5.41) is 6.66. The van der Waals surface area contributed by atoms with Crippen LogP contribution in [0.2, 0.25) is 0 Å². The fraction of sp³-hybridized carbons (Fsp3) is 0.240. The van der Waals surface area contributed by atoms with Gasteiger partial charge < -0.3 is 5.32 Å². The lowest BCUT2D eigenvalue weighted by atomic mass is 9.87. The van der Waals surface area contributed by atoms with Crippen LogP contribution in [0.4, 0.5) is 5.69 Å². The Morgan fingerprint density at radius 1 is 0.929 bits per heavy atom. The Kier molecular flexibility index (Phi) is 5.54. The van der Waals surface area contributed by atoms with Gasteiger partial charge in [0.05, 0.1) is 6.04 Å². The lowest BCUT2D eigenvalue weighted by Gasteiger charge is -2.29. The van der Waals surface area contributed by atoms with Gasteiger partial charge in [-0.25, -0.2) is 0 Å². The van der Waals surface area contributed by atoms with E-state index in [-0.39, 0.29) is 18.0 Å². The number of amides is 1. The van der Waals surface area contributed by atoms with Crippen molar-refractivity contribution in [1.82, 2.24) is 5.32 Å². The summed E-state index contributed by atoms with van der Waals surface area (Å²) < 4.78 is 0. The Balaban J connectivity index is 1.48. The van der Waals surface area contributed by atoms with Crippen LogP contribution < -0.4 is 10.6 Å². The van der Waals surface area contributed by atoms with Gasteiger partial charge in [-0.2, -0.15) is 0 Å². The maximum atomic E-state index is 12.9. The third kappa shape index (κ3) is 4.00. The van der Waals surface area contributed by atoms with Crippen LogP contribution in [-0.2, 0) is 11.2 Å². The zero-order chi connectivity index (χ0) is 19.3. The van der Waals surface area contributed by atoms with Crippen molar-refractivity contribution in [3.8, 4) is 11.1 Å². The molecule has 28 heavy (non-hydrogen) atoms. The molecule has 0 radical (unpaired) electrons. The third-order valence-corrected chi connectivity index (χ3v) is 5.48. The summed E-state index contributed by atoms with van der Waals surface area (Å²) in [5.74, 6) is -0.00793. The zero-order valence-electron chi connectivity index (χ0n) is 16.2. The van der Waals surface area contributed by atoms with Crippen molar-refractivity contribution in [2.24, 2.45) is 0 Å². The predicted molar refractivity (Wildman–Crippen MR) is 115 cm³/mol. The molecule has 4 rings (SSSR count). The highest BCUT2D eigenvalue weighted by Gasteiger charge is 2.24. The van der Waals surface area contributed by atoms with Crippen LogP contribution in [0.15, 0.2) is 78.9 Å². The molecule has 0 bridgehead atoms. The number of anilines is 1. The first-order valence-electron chi connectivity index (χ1n) is 10.0. The van der Waals surface area contributed by atoms with Crippen molar-refractivity contribution in [2.75, 3.05) is 5.32 Å². The molecule has 3 aromatic carbocycles. The van der Waals surface area contributed by atoms with E-state index < -0.39 is 0 Å². The van der Waals surface area contributed by atoms with Gasteiger partial charge in [-0.3, -0.25) is 10.1 Å². The van der Waals surface area contributed by atoms with Crippen LogP contribution in [0.3, 0.4) is 0 Å². The molecule has 0 heterocycles. The molecule has 0 aliphatic heterocycles. The minimum absolute atomic E-state index is 0.00793. The molecule has 1 aliphatic carbocycles. The molecule has 1 aliphatic rings. The number of carbonyl (C=O) groups is 1. The van der Waals surface area contributed by atoms with E-state index in [2.05, 4.69) is 47.0 Å². The summed E-state index contributed by atoms with van der Waals surface area (Å²) >= 11 is 0. The van der Waals surface area contributed by atoms with Crippen molar-refractivity contribution in [3.63, 3.8) is 0 Å². The normalized spacial score (nSPS) is 16.8. The molecule has 3 nitrogen and oxygen atoms in total. The van der Waals surface area contributed by atoms with Gasteiger partial charge >= 0.3 is 0 Å². The predicted octanol–water partition coefficient (Wildman–Crippen LogP) is 5.35. The molecular weight excluding hydrogens is 344 g/mol. The second-order valence-electron chi connectivity index (χ2n) is 7.43. The van der Waals surface area contributed by atoms with Crippen LogP contribution >= 0.6 is 0 Å². The molecular formula is C25H26N2O. The standard InChI is InChI=1S/C25H26N2O/c1-18(26-23-17-9-13-20-12-5-6-14-21(20)23)25(28)27-24-16-8-7-15-22(24)19-10-3-2-4-11-19/h2-8,10-12,14-16,18,23,26H,9,13,17H2,1H3,(H,27,28)/t18-,23-/m0/s1. The van der Waals surface area contributed by atoms with Crippen molar-refractivity contribution >= 4 is 11.6 Å². The minimum Gasteiger partial charge on any atom is -0.324 e. The summed E-state index contributed by atoms with van der Waals surface area (Å²) in [7, 11) is 0. The number of carbonyl (C=O) groups excluding carboxylic acids is 1. The average Bonchev–Trinajstić information content (AvgIpc) is 2.75. The number of hydrogen-bond acceptors (Lipinski definition) is 2. The number of fused-ring (bicyclic) bond motifs is 1. The molecule has 3 heteroatoms. The number of aryl methyl sites for hydroxylation is 1. The topological polar surface area (TPSA) is 41.1 Å². The van der Waals surface area contributed by atoms with Crippen molar-refractivity contribution in [2.45, 2.75) is 38.3 Å². The van der Waals surface area contributed by atoms with Crippen LogP contribution in [0, 0.1) is 0 Å². The largest absolute Gasteiger partial charge is 0.324 e. The molecule has 3 aromatic rings. The maximum Gasteiger partial charge on any atom is 0.241 e. The third-order valence-electron chi connectivity index (χ3n) is 5.48. The quantitative estimate of drug-likeness (QED) is 0.636. The van der Waals surface area contributed by atoms with E-state index in [0.717, 1.165) is 36.1 Å². The molecule has 0 aromatic heterocycles.